The molecule has 6 heteroatoms. The Morgan fingerprint density at radius 3 is 2.71 bits per heavy atom. The number of anilines is 1. The van der Waals surface area contributed by atoms with Crippen molar-refractivity contribution in [1.82, 2.24) is 14.9 Å². The predicted molar refractivity (Wildman–Crippen MR) is 90.7 cm³/mol. The Hall–Kier alpha value is -2.76. The van der Waals surface area contributed by atoms with Crippen LogP contribution in [0.3, 0.4) is 0 Å². The average Bonchev–Trinajstić information content (AvgIpc) is 2.95. The van der Waals surface area contributed by atoms with Gasteiger partial charge in [-0.25, -0.2) is 4.98 Å². The first-order valence-corrected chi connectivity index (χ1v) is 7.92. The smallest absolute Gasteiger partial charge is 0.273 e. The summed E-state index contributed by atoms with van der Waals surface area (Å²) >= 11 is 0. The molecular weight excluding hydrogens is 304 g/mol. The summed E-state index contributed by atoms with van der Waals surface area (Å²) < 4.78 is 0. The highest BCUT2D eigenvalue weighted by molar-refractivity contribution is 5.95. The second-order valence-corrected chi connectivity index (χ2v) is 6.21. The summed E-state index contributed by atoms with van der Waals surface area (Å²) in [6.45, 7) is 0.663. The maximum absolute atomic E-state index is 12.3. The zero-order valence-electron chi connectivity index (χ0n) is 13.8. The van der Waals surface area contributed by atoms with Gasteiger partial charge >= 0.3 is 0 Å². The van der Waals surface area contributed by atoms with Gasteiger partial charge in [0.05, 0.1) is 11.9 Å². The summed E-state index contributed by atoms with van der Waals surface area (Å²) in [5.74, 6) is 0.133. The van der Waals surface area contributed by atoms with Crippen molar-refractivity contribution >= 4 is 17.5 Å². The zero-order chi connectivity index (χ0) is 17.1. The van der Waals surface area contributed by atoms with E-state index < -0.39 is 0 Å². The summed E-state index contributed by atoms with van der Waals surface area (Å²) in [4.78, 5) is 36.1. The maximum atomic E-state index is 12.3. The van der Waals surface area contributed by atoms with Gasteiger partial charge in [-0.2, -0.15) is 0 Å². The number of amides is 2. The van der Waals surface area contributed by atoms with E-state index >= 15 is 0 Å². The van der Waals surface area contributed by atoms with Gasteiger partial charge < -0.3 is 9.80 Å². The topological polar surface area (TPSA) is 66.4 Å². The van der Waals surface area contributed by atoms with E-state index in [9.17, 15) is 9.59 Å². The van der Waals surface area contributed by atoms with Crippen LogP contribution in [0.1, 0.15) is 22.6 Å². The van der Waals surface area contributed by atoms with Crippen molar-refractivity contribution in [2.45, 2.75) is 12.8 Å². The molecule has 0 N–H and O–H groups in total. The molecule has 1 fully saturated rings. The van der Waals surface area contributed by atoms with Crippen LogP contribution in [-0.4, -0.2) is 47.3 Å². The third-order valence-electron chi connectivity index (χ3n) is 4.08. The molecule has 6 nitrogen and oxygen atoms in total. The molecule has 0 saturated carbocycles. The maximum Gasteiger partial charge on any atom is 0.273 e. The van der Waals surface area contributed by atoms with Crippen LogP contribution in [0.5, 0.6) is 0 Å². The molecule has 0 aliphatic carbocycles. The van der Waals surface area contributed by atoms with Crippen LogP contribution in [0, 0.1) is 5.92 Å². The Bertz CT molecular complexity index is 746. The first-order chi connectivity index (χ1) is 11.5. The standard InChI is InChI=1S/C18H20N4O2/c1-21(2)18(24)16-11-19-10-14(20-16)8-13-9-17(23)22(12-13)15-6-4-3-5-7-15/h3-7,10-11,13H,8-9,12H2,1-2H3/t13-/m0/s1. The molecule has 3 rings (SSSR count). The Labute approximate surface area is 141 Å². The SMILES string of the molecule is CN(C)C(=O)c1cncc(C[C@H]2CC(=O)N(c3ccccc3)C2)n1. The van der Waals surface area contributed by atoms with E-state index in [1.165, 1.54) is 11.1 Å². The fourth-order valence-corrected chi connectivity index (χ4v) is 2.91. The van der Waals surface area contributed by atoms with Gasteiger partial charge in [0.15, 0.2) is 0 Å². The Balaban J connectivity index is 1.70. The molecule has 124 valence electrons. The van der Waals surface area contributed by atoms with E-state index in [4.69, 9.17) is 0 Å². The largest absolute Gasteiger partial charge is 0.343 e. The minimum absolute atomic E-state index is 0.125. The lowest BCUT2D eigenvalue weighted by molar-refractivity contribution is -0.117. The van der Waals surface area contributed by atoms with Crippen molar-refractivity contribution in [1.29, 1.82) is 0 Å². The third kappa shape index (κ3) is 3.42. The van der Waals surface area contributed by atoms with Crippen molar-refractivity contribution in [2.75, 3.05) is 25.5 Å². The molecule has 0 spiro atoms. The van der Waals surface area contributed by atoms with E-state index in [1.807, 2.05) is 35.2 Å². The van der Waals surface area contributed by atoms with Gasteiger partial charge in [0, 0.05) is 38.9 Å². The number of benzene rings is 1. The van der Waals surface area contributed by atoms with Crippen LogP contribution in [0.4, 0.5) is 5.69 Å². The average molecular weight is 324 g/mol. The number of carbonyl (C=O) groups is 2. The minimum Gasteiger partial charge on any atom is -0.343 e. The van der Waals surface area contributed by atoms with Crippen LogP contribution in [0.15, 0.2) is 42.7 Å². The van der Waals surface area contributed by atoms with Crippen molar-refractivity contribution in [3.63, 3.8) is 0 Å². The number of rotatable bonds is 4. The molecule has 0 radical (unpaired) electrons. The normalized spacial score (nSPS) is 17.2. The van der Waals surface area contributed by atoms with E-state index in [1.54, 1.807) is 20.3 Å². The van der Waals surface area contributed by atoms with Crippen LogP contribution in [0.2, 0.25) is 0 Å². The summed E-state index contributed by atoms with van der Waals surface area (Å²) in [6, 6.07) is 9.67. The van der Waals surface area contributed by atoms with Crippen molar-refractivity contribution in [2.24, 2.45) is 5.92 Å². The Morgan fingerprint density at radius 1 is 1.25 bits per heavy atom. The van der Waals surface area contributed by atoms with Gasteiger partial charge in [-0.15, -0.1) is 0 Å². The molecular formula is C18H20N4O2. The summed E-state index contributed by atoms with van der Waals surface area (Å²) in [7, 11) is 3.37. The first kappa shape index (κ1) is 16.1. The van der Waals surface area contributed by atoms with Crippen LogP contribution < -0.4 is 4.90 Å². The van der Waals surface area contributed by atoms with Gasteiger partial charge in [0.2, 0.25) is 5.91 Å². The monoisotopic (exact) mass is 324 g/mol. The van der Waals surface area contributed by atoms with Gasteiger partial charge in [-0.05, 0) is 24.5 Å². The van der Waals surface area contributed by atoms with Gasteiger partial charge in [-0.3, -0.25) is 14.6 Å². The fourth-order valence-electron chi connectivity index (χ4n) is 2.91. The fraction of sp³-hybridized carbons (Fsp3) is 0.333. The van der Waals surface area contributed by atoms with Crippen LogP contribution >= 0.6 is 0 Å². The molecule has 1 aliphatic rings. The van der Waals surface area contributed by atoms with Gasteiger partial charge in [0.25, 0.3) is 5.91 Å². The highest BCUT2D eigenvalue weighted by Gasteiger charge is 2.31. The van der Waals surface area contributed by atoms with E-state index in [2.05, 4.69) is 9.97 Å². The number of hydrogen-bond acceptors (Lipinski definition) is 4. The molecule has 2 heterocycles. The van der Waals surface area contributed by atoms with E-state index in [0.717, 1.165) is 11.4 Å². The number of hydrogen-bond donors (Lipinski definition) is 0. The summed E-state index contributed by atoms with van der Waals surface area (Å²) in [5, 5.41) is 0. The van der Waals surface area contributed by atoms with E-state index in [0.29, 0.717) is 25.1 Å². The van der Waals surface area contributed by atoms with Crippen molar-refractivity contribution in [3.05, 3.63) is 54.1 Å². The summed E-state index contributed by atoms with van der Waals surface area (Å²) in [5.41, 5.74) is 2.00. The molecule has 1 saturated heterocycles. The molecule has 24 heavy (non-hydrogen) atoms. The van der Waals surface area contributed by atoms with Crippen LogP contribution in [-0.2, 0) is 11.2 Å². The third-order valence-corrected chi connectivity index (χ3v) is 4.08. The number of aromatic nitrogens is 2. The Morgan fingerprint density at radius 2 is 2.00 bits per heavy atom. The highest BCUT2D eigenvalue weighted by atomic mass is 16.2. The lowest BCUT2D eigenvalue weighted by atomic mass is 10.0. The number of para-hydroxylation sites is 1. The second kappa shape index (κ2) is 6.78. The zero-order valence-corrected chi connectivity index (χ0v) is 13.8. The minimum atomic E-state index is -0.169. The quantitative estimate of drug-likeness (QED) is 0.860. The molecule has 1 aromatic heterocycles. The first-order valence-electron chi connectivity index (χ1n) is 7.92. The Kier molecular flexibility index (Phi) is 4.55. The predicted octanol–water partition coefficient (Wildman–Crippen LogP) is 1.77. The van der Waals surface area contributed by atoms with Crippen molar-refractivity contribution in [3.8, 4) is 0 Å². The lowest BCUT2D eigenvalue weighted by Gasteiger charge is -2.16. The van der Waals surface area contributed by atoms with Gasteiger partial charge in [0.1, 0.15) is 5.69 Å². The molecule has 2 amide bonds. The van der Waals surface area contributed by atoms with Crippen molar-refractivity contribution < 1.29 is 9.59 Å². The lowest BCUT2D eigenvalue weighted by Crippen LogP contribution is -2.25. The molecule has 0 unspecified atom stereocenters. The number of carbonyl (C=O) groups excluding carboxylic acids is 2. The second-order valence-electron chi connectivity index (χ2n) is 6.21. The summed E-state index contributed by atoms with van der Waals surface area (Å²) in [6.07, 6.45) is 4.27. The van der Waals surface area contributed by atoms with Crippen LogP contribution in [0.25, 0.3) is 0 Å². The number of nitrogens with zero attached hydrogens (tertiary/aromatic N) is 4. The van der Waals surface area contributed by atoms with E-state index in [-0.39, 0.29) is 17.7 Å². The molecule has 1 aromatic carbocycles. The molecule has 1 atom stereocenters. The van der Waals surface area contributed by atoms with Gasteiger partial charge in [-0.1, -0.05) is 18.2 Å². The molecule has 2 aromatic rings. The highest BCUT2D eigenvalue weighted by Crippen LogP contribution is 2.26. The molecule has 0 bridgehead atoms. The molecule has 1 aliphatic heterocycles.